The summed E-state index contributed by atoms with van der Waals surface area (Å²) in [5.74, 6) is 0.278. The third-order valence-corrected chi connectivity index (χ3v) is 6.23. The van der Waals surface area contributed by atoms with Crippen molar-refractivity contribution in [2.45, 2.75) is 31.5 Å². The zero-order valence-electron chi connectivity index (χ0n) is 16.3. The standard InChI is InChI=1S/C22H26FN3O2S/c23-16-5-7-19(8-6-16)28-15-18(27)14-26-11-9-17(10-12-26)24-13-22-25-20-3-1-2-4-21(20)29-22/h1-8,17-18,24,27H,9-15H2/t18-/m0/s1. The number of hydrogen-bond donors (Lipinski definition) is 2. The first kappa shape index (κ1) is 20.2. The molecule has 0 bridgehead atoms. The molecule has 2 N–H and O–H groups in total. The summed E-state index contributed by atoms with van der Waals surface area (Å²) in [7, 11) is 0. The molecule has 7 heteroatoms. The van der Waals surface area contributed by atoms with Crippen molar-refractivity contribution >= 4 is 21.6 Å². The average Bonchev–Trinajstić information content (AvgIpc) is 3.16. The lowest BCUT2D eigenvalue weighted by Gasteiger charge is -2.33. The van der Waals surface area contributed by atoms with Crippen LogP contribution in [0.15, 0.2) is 48.5 Å². The Balaban J connectivity index is 1.15. The van der Waals surface area contributed by atoms with E-state index >= 15 is 0 Å². The number of halogens is 1. The molecule has 1 aliphatic heterocycles. The lowest BCUT2D eigenvalue weighted by molar-refractivity contribution is 0.0578. The maximum absolute atomic E-state index is 12.9. The smallest absolute Gasteiger partial charge is 0.123 e. The SMILES string of the molecule is O[C@H](COc1ccc(F)cc1)CN1CCC(NCc2nc3ccccc3s2)CC1. The van der Waals surface area contributed by atoms with E-state index in [-0.39, 0.29) is 12.4 Å². The summed E-state index contributed by atoms with van der Waals surface area (Å²) >= 11 is 1.75. The Hall–Kier alpha value is -2.06. The number of aromatic nitrogens is 1. The van der Waals surface area contributed by atoms with Crippen LogP contribution in [-0.4, -0.2) is 53.4 Å². The molecule has 0 spiro atoms. The van der Waals surface area contributed by atoms with Crippen molar-refractivity contribution in [1.82, 2.24) is 15.2 Å². The van der Waals surface area contributed by atoms with Crippen LogP contribution in [0.2, 0.25) is 0 Å². The second-order valence-electron chi connectivity index (χ2n) is 7.45. The molecular weight excluding hydrogens is 389 g/mol. The van der Waals surface area contributed by atoms with Gasteiger partial charge in [-0.15, -0.1) is 11.3 Å². The number of ether oxygens (including phenoxy) is 1. The van der Waals surface area contributed by atoms with E-state index in [2.05, 4.69) is 27.3 Å². The molecule has 1 saturated heterocycles. The predicted octanol–water partition coefficient (Wildman–Crippen LogP) is 3.43. The topological polar surface area (TPSA) is 57.6 Å². The fourth-order valence-electron chi connectivity index (χ4n) is 3.62. The van der Waals surface area contributed by atoms with Crippen molar-refractivity contribution in [2.24, 2.45) is 0 Å². The van der Waals surface area contributed by atoms with Crippen LogP contribution >= 0.6 is 11.3 Å². The number of nitrogens with zero attached hydrogens (tertiary/aromatic N) is 2. The first-order valence-electron chi connectivity index (χ1n) is 10.0. The molecule has 1 aromatic heterocycles. The van der Waals surface area contributed by atoms with E-state index in [1.807, 2.05) is 12.1 Å². The van der Waals surface area contributed by atoms with Gasteiger partial charge in [0.25, 0.3) is 0 Å². The van der Waals surface area contributed by atoms with Gasteiger partial charge < -0.3 is 20.1 Å². The molecule has 154 valence electrons. The van der Waals surface area contributed by atoms with Gasteiger partial charge in [-0.3, -0.25) is 0 Å². The van der Waals surface area contributed by atoms with E-state index in [1.165, 1.54) is 16.8 Å². The van der Waals surface area contributed by atoms with Crippen LogP contribution in [0.3, 0.4) is 0 Å². The van der Waals surface area contributed by atoms with Gasteiger partial charge in [0.1, 0.15) is 29.3 Å². The Morgan fingerprint density at radius 2 is 1.93 bits per heavy atom. The molecule has 3 aromatic rings. The van der Waals surface area contributed by atoms with E-state index in [9.17, 15) is 9.50 Å². The zero-order chi connectivity index (χ0) is 20.1. The van der Waals surface area contributed by atoms with E-state index in [0.717, 1.165) is 43.0 Å². The van der Waals surface area contributed by atoms with Crippen LogP contribution in [0.4, 0.5) is 4.39 Å². The van der Waals surface area contributed by atoms with Gasteiger partial charge in [-0.1, -0.05) is 12.1 Å². The molecule has 0 aliphatic carbocycles. The fraction of sp³-hybridized carbons (Fsp3) is 0.409. The van der Waals surface area contributed by atoms with Gasteiger partial charge in [0.05, 0.1) is 10.2 Å². The highest BCUT2D eigenvalue weighted by Gasteiger charge is 2.21. The Morgan fingerprint density at radius 3 is 2.69 bits per heavy atom. The first-order chi connectivity index (χ1) is 14.2. The highest BCUT2D eigenvalue weighted by Crippen LogP contribution is 2.22. The van der Waals surface area contributed by atoms with Gasteiger partial charge in [0.2, 0.25) is 0 Å². The predicted molar refractivity (Wildman–Crippen MR) is 114 cm³/mol. The number of rotatable bonds is 8. The van der Waals surface area contributed by atoms with Gasteiger partial charge >= 0.3 is 0 Å². The second kappa shape index (κ2) is 9.63. The normalized spacial score (nSPS) is 16.9. The first-order valence-corrected chi connectivity index (χ1v) is 10.8. The number of para-hydroxylation sites is 1. The molecule has 4 rings (SSSR count). The van der Waals surface area contributed by atoms with Gasteiger partial charge in [0.15, 0.2) is 0 Å². The molecule has 0 amide bonds. The Bertz CT molecular complexity index is 877. The van der Waals surface area contributed by atoms with Crippen LogP contribution in [0.5, 0.6) is 5.75 Å². The number of aliphatic hydroxyl groups is 1. The highest BCUT2D eigenvalue weighted by molar-refractivity contribution is 7.18. The molecular formula is C22H26FN3O2S. The summed E-state index contributed by atoms with van der Waals surface area (Å²) in [5.41, 5.74) is 1.07. The number of fused-ring (bicyclic) bond motifs is 1. The summed E-state index contributed by atoms with van der Waals surface area (Å²) < 4.78 is 19.7. The van der Waals surface area contributed by atoms with E-state index in [0.29, 0.717) is 18.3 Å². The van der Waals surface area contributed by atoms with Crippen LogP contribution in [0.1, 0.15) is 17.8 Å². The van der Waals surface area contributed by atoms with Crippen molar-refractivity contribution in [3.8, 4) is 5.75 Å². The molecule has 2 heterocycles. The Kier molecular flexibility index (Phi) is 6.71. The molecule has 1 aliphatic rings. The van der Waals surface area contributed by atoms with Crippen molar-refractivity contribution in [3.05, 3.63) is 59.4 Å². The number of hydrogen-bond acceptors (Lipinski definition) is 6. The zero-order valence-corrected chi connectivity index (χ0v) is 17.1. The minimum absolute atomic E-state index is 0.210. The molecule has 1 fully saturated rings. The number of β-amino-alcohol motifs (C(OH)–C–C–N with tert-alkyl or cyclic N) is 1. The summed E-state index contributed by atoms with van der Waals surface area (Å²) in [6.45, 7) is 3.50. The van der Waals surface area contributed by atoms with E-state index in [4.69, 9.17) is 4.74 Å². The van der Waals surface area contributed by atoms with Crippen molar-refractivity contribution in [2.75, 3.05) is 26.2 Å². The highest BCUT2D eigenvalue weighted by atomic mass is 32.1. The maximum atomic E-state index is 12.9. The van der Waals surface area contributed by atoms with Crippen molar-refractivity contribution in [3.63, 3.8) is 0 Å². The molecule has 0 saturated carbocycles. The second-order valence-corrected chi connectivity index (χ2v) is 8.57. The van der Waals surface area contributed by atoms with Crippen LogP contribution in [0.25, 0.3) is 10.2 Å². The number of thiazole rings is 1. The Labute approximate surface area is 174 Å². The minimum Gasteiger partial charge on any atom is -0.491 e. The lowest BCUT2D eigenvalue weighted by atomic mass is 10.0. The van der Waals surface area contributed by atoms with Gasteiger partial charge in [0, 0.05) is 19.1 Å². The summed E-state index contributed by atoms with van der Waals surface area (Å²) in [6.07, 6.45) is 1.54. The van der Waals surface area contributed by atoms with Gasteiger partial charge in [-0.2, -0.15) is 0 Å². The quantitative estimate of drug-likeness (QED) is 0.590. The number of aliphatic hydroxyl groups excluding tert-OH is 1. The minimum atomic E-state index is -0.563. The largest absolute Gasteiger partial charge is 0.491 e. The van der Waals surface area contributed by atoms with Crippen LogP contribution in [0, 0.1) is 5.82 Å². The average molecular weight is 416 g/mol. The van der Waals surface area contributed by atoms with Crippen LogP contribution < -0.4 is 10.1 Å². The van der Waals surface area contributed by atoms with Crippen molar-refractivity contribution < 1.29 is 14.2 Å². The van der Waals surface area contributed by atoms with Gasteiger partial charge in [-0.05, 0) is 62.3 Å². The maximum Gasteiger partial charge on any atom is 0.123 e. The number of likely N-dealkylation sites (tertiary alicyclic amines) is 1. The molecule has 0 radical (unpaired) electrons. The van der Waals surface area contributed by atoms with Crippen LogP contribution in [-0.2, 0) is 6.54 Å². The number of benzene rings is 2. The molecule has 29 heavy (non-hydrogen) atoms. The molecule has 2 aromatic carbocycles. The Morgan fingerprint density at radius 1 is 1.17 bits per heavy atom. The number of piperidine rings is 1. The van der Waals surface area contributed by atoms with E-state index < -0.39 is 6.10 Å². The monoisotopic (exact) mass is 415 g/mol. The summed E-state index contributed by atoms with van der Waals surface area (Å²) in [5, 5.41) is 15.0. The van der Waals surface area contributed by atoms with Crippen molar-refractivity contribution in [1.29, 1.82) is 0 Å². The fourth-order valence-corrected chi connectivity index (χ4v) is 4.54. The van der Waals surface area contributed by atoms with Gasteiger partial charge in [-0.25, -0.2) is 9.37 Å². The molecule has 1 atom stereocenters. The summed E-state index contributed by atoms with van der Waals surface area (Å²) in [6, 6.07) is 14.6. The molecule has 5 nitrogen and oxygen atoms in total. The third kappa shape index (κ3) is 5.73. The third-order valence-electron chi connectivity index (χ3n) is 5.19. The molecule has 0 unspecified atom stereocenters. The lowest BCUT2D eigenvalue weighted by Crippen LogP contribution is -2.45. The summed E-state index contributed by atoms with van der Waals surface area (Å²) in [4.78, 5) is 6.95. The van der Waals surface area contributed by atoms with E-state index in [1.54, 1.807) is 23.5 Å². The number of nitrogens with one attached hydrogen (secondary N) is 1.